The Bertz CT molecular complexity index is 1080. The van der Waals surface area contributed by atoms with Crippen molar-refractivity contribution in [3.63, 3.8) is 0 Å². The van der Waals surface area contributed by atoms with Crippen LogP contribution in [0, 0.1) is 0 Å². The molecule has 0 atom stereocenters. The zero-order chi connectivity index (χ0) is 25.6. The van der Waals surface area contributed by atoms with Crippen molar-refractivity contribution in [1.82, 2.24) is 0 Å². The van der Waals surface area contributed by atoms with E-state index in [9.17, 15) is 0 Å². The van der Waals surface area contributed by atoms with E-state index in [-0.39, 0.29) is 18.3 Å². The zero-order valence-corrected chi connectivity index (χ0v) is 24.1. The van der Waals surface area contributed by atoms with Crippen LogP contribution in [0.25, 0.3) is 0 Å². The van der Waals surface area contributed by atoms with Crippen LogP contribution in [-0.4, -0.2) is 18.3 Å². The van der Waals surface area contributed by atoms with Gasteiger partial charge in [0.25, 0.3) is 0 Å². The Morgan fingerprint density at radius 3 is 1.40 bits per heavy atom. The Labute approximate surface area is 227 Å². The molecule has 1 heterocycles. The van der Waals surface area contributed by atoms with Crippen molar-refractivity contribution >= 4 is 61.5 Å². The number of hydrogen-bond acceptors (Lipinski definition) is 3. The van der Waals surface area contributed by atoms with Crippen LogP contribution < -0.4 is 10.4 Å². The number of hydrogen-bond donors (Lipinski definition) is 0. The molecular weight excluding hydrogens is 565 g/mol. The first kappa shape index (κ1) is 27.5. The number of nitrogens with zero attached hydrogens (tertiary/aromatic N) is 1. The fraction of sp³-hybridized carbons (Fsp3) is 0.241. The molecular formula is C29H32BBr2NO2. The summed E-state index contributed by atoms with van der Waals surface area (Å²) in [4.78, 5) is 2.23. The first-order valence-corrected chi connectivity index (χ1v) is 13.2. The summed E-state index contributed by atoms with van der Waals surface area (Å²) in [7, 11) is -0.363. The van der Waals surface area contributed by atoms with Crippen LogP contribution in [0.2, 0.25) is 0 Å². The molecule has 182 valence electrons. The van der Waals surface area contributed by atoms with Crippen LogP contribution in [-0.2, 0) is 9.31 Å². The van der Waals surface area contributed by atoms with E-state index in [1.165, 1.54) is 0 Å². The average Bonchev–Trinajstić information content (AvgIpc) is 3.05. The molecule has 3 aromatic carbocycles. The minimum Gasteiger partial charge on any atom is -0.399 e. The Hall–Kier alpha value is -2.12. The van der Waals surface area contributed by atoms with Gasteiger partial charge in [-0.1, -0.05) is 68.8 Å². The van der Waals surface area contributed by atoms with E-state index >= 15 is 0 Å². The molecule has 0 unspecified atom stereocenters. The lowest BCUT2D eigenvalue weighted by Gasteiger charge is -2.32. The van der Waals surface area contributed by atoms with Gasteiger partial charge in [0.2, 0.25) is 0 Å². The standard InChI is InChI=1S/C24H24BBr2NO2.C5H8/c1-23(2)24(3,4)30-25(29-23)17-5-11-20(12-6-17)28(21-13-7-18(26)8-14-21)22-15-9-19(27)10-16-22;1-3-5-4-2/h5-16H,1-4H3;3-5H,1H2,2H3/b;5-4-. The molecule has 0 bridgehead atoms. The van der Waals surface area contributed by atoms with Crippen molar-refractivity contribution in [2.45, 2.75) is 45.8 Å². The van der Waals surface area contributed by atoms with Crippen LogP contribution in [0.1, 0.15) is 34.6 Å². The van der Waals surface area contributed by atoms with Gasteiger partial charge < -0.3 is 14.2 Å². The number of rotatable bonds is 5. The lowest BCUT2D eigenvalue weighted by Crippen LogP contribution is -2.41. The predicted molar refractivity (Wildman–Crippen MR) is 157 cm³/mol. The largest absolute Gasteiger partial charge is 0.494 e. The minimum atomic E-state index is -0.363. The topological polar surface area (TPSA) is 21.7 Å². The van der Waals surface area contributed by atoms with E-state index in [1.807, 2.05) is 19.1 Å². The van der Waals surface area contributed by atoms with Gasteiger partial charge in [-0.3, -0.25) is 0 Å². The quantitative estimate of drug-likeness (QED) is 0.217. The molecule has 4 rings (SSSR count). The van der Waals surface area contributed by atoms with Crippen molar-refractivity contribution in [1.29, 1.82) is 0 Å². The van der Waals surface area contributed by atoms with E-state index in [1.54, 1.807) is 6.08 Å². The Balaban J connectivity index is 0.000000623. The Morgan fingerprint density at radius 1 is 0.714 bits per heavy atom. The summed E-state index contributed by atoms with van der Waals surface area (Å²) < 4.78 is 14.5. The average molecular weight is 597 g/mol. The molecule has 0 N–H and O–H groups in total. The maximum absolute atomic E-state index is 6.20. The van der Waals surface area contributed by atoms with Gasteiger partial charge in [-0.2, -0.15) is 0 Å². The van der Waals surface area contributed by atoms with Crippen LogP contribution in [0.3, 0.4) is 0 Å². The molecule has 0 aliphatic carbocycles. The highest BCUT2D eigenvalue weighted by molar-refractivity contribution is 9.10. The van der Waals surface area contributed by atoms with E-state index in [0.29, 0.717) is 0 Å². The maximum atomic E-state index is 6.20. The van der Waals surface area contributed by atoms with Gasteiger partial charge >= 0.3 is 7.12 Å². The van der Waals surface area contributed by atoms with Crippen LogP contribution >= 0.6 is 31.9 Å². The fourth-order valence-electron chi connectivity index (χ4n) is 3.52. The van der Waals surface area contributed by atoms with Gasteiger partial charge in [0, 0.05) is 26.0 Å². The van der Waals surface area contributed by atoms with Gasteiger partial charge in [-0.15, -0.1) is 0 Å². The van der Waals surface area contributed by atoms with Crippen molar-refractivity contribution < 1.29 is 9.31 Å². The number of anilines is 3. The van der Waals surface area contributed by atoms with Gasteiger partial charge in [0.15, 0.2) is 0 Å². The highest BCUT2D eigenvalue weighted by Crippen LogP contribution is 2.38. The Kier molecular flexibility index (Phi) is 9.22. The summed E-state index contributed by atoms with van der Waals surface area (Å²) in [5, 5.41) is 0. The first-order valence-electron chi connectivity index (χ1n) is 11.6. The summed E-state index contributed by atoms with van der Waals surface area (Å²) in [6, 6.07) is 25.0. The summed E-state index contributed by atoms with van der Waals surface area (Å²) in [5.74, 6) is 0. The molecule has 3 nitrogen and oxygen atoms in total. The number of halogens is 2. The molecule has 1 aliphatic rings. The molecule has 6 heteroatoms. The van der Waals surface area contributed by atoms with Crippen LogP contribution in [0.5, 0.6) is 0 Å². The molecule has 0 saturated carbocycles. The fourth-order valence-corrected chi connectivity index (χ4v) is 4.05. The summed E-state index contributed by atoms with van der Waals surface area (Å²) in [6.07, 6.45) is 5.58. The summed E-state index contributed by atoms with van der Waals surface area (Å²) in [6.45, 7) is 13.7. The van der Waals surface area contributed by atoms with Crippen LogP contribution in [0.15, 0.2) is 107 Å². The molecule has 1 aliphatic heterocycles. The number of allylic oxidation sites excluding steroid dienone is 3. The number of benzene rings is 3. The SMILES string of the molecule is C=C/C=C\C.CC1(C)OB(c2ccc(N(c3ccc(Br)cc3)c3ccc(Br)cc3)cc2)OC1(C)C. The van der Waals surface area contributed by atoms with Crippen molar-refractivity contribution in [2.75, 3.05) is 4.90 Å². The zero-order valence-electron chi connectivity index (χ0n) is 21.0. The molecule has 0 radical (unpaired) electrons. The van der Waals surface area contributed by atoms with Crippen molar-refractivity contribution in [3.8, 4) is 0 Å². The normalized spacial score (nSPS) is 16.0. The van der Waals surface area contributed by atoms with E-state index in [4.69, 9.17) is 9.31 Å². The molecule has 3 aromatic rings. The molecule has 0 aromatic heterocycles. The molecule has 0 amide bonds. The first-order chi connectivity index (χ1) is 16.6. The summed E-state index contributed by atoms with van der Waals surface area (Å²) in [5.41, 5.74) is 3.56. The van der Waals surface area contributed by atoms with Crippen molar-refractivity contribution in [2.24, 2.45) is 0 Å². The Morgan fingerprint density at radius 2 is 1.09 bits per heavy atom. The molecule has 0 spiro atoms. The second-order valence-electron chi connectivity index (χ2n) is 9.23. The van der Waals surface area contributed by atoms with E-state index in [0.717, 1.165) is 31.5 Å². The van der Waals surface area contributed by atoms with Gasteiger partial charge in [0.05, 0.1) is 11.2 Å². The third-order valence-electron chi connectivity index (χ3n) is 6.17. The van der Waals surface area contributed by atoms with Gasteiger partial charge in [-0.25, -0.2) is 0 Å². The molecule has 1 fully saturated rings. The lowest BCUT2D eigenvalue weighted by atomic mass is 9.79. The van der Waals surface area contributed by atoms with E-state index < -0.39 is 0 Å². The highest BCUT2D eigenvalue weighted by atomic mass is 79.9. The third-order valence-corrected chi connectivity index (χ3v) is 7.23. The predicted octanol–water partition coefficient (Wildman–Crippen LogP) is 8.73. The maximum Gasteiger partial charge on any atom is 0.494 e. The van der Waals surface area contributed by atoms with Gasteiger partial charge in [-0.05, 0) is 101 Å². The smallest absolute Gasteiger partial charge is 0.399 e. The molecule has 35 heavy (non-hydrogen) atoms. The highest BCUT2D eigenvalue weighted by Gasteiger charge is 2.51. The molecule has 1 saturated heterocycles. The van der Waals surface area contributed by atoms with E-state index in [2.05, 4.69) is 144 Å². The summed E-state index contributed by atoms with van der Waals surface area (Å²) >= 11 is 7.06. The monoisotopic (exact) mass is 595 g/mol. The van der Waals surface area contributed by atoms with Gasteiger partial charge in [0.1, 0.15) is 0 Å². The van der Waals surface area contributed by atoms with Crippen LogP contribution in [0.4, 0.5) is 17.1 Å². The van der Waals surface area contributed by atoms with Crippen molar-refractivity contribution in [3.05, 3.63) is 107 Å². The second-order valence-corrected chi connectivity index (χ2v) is 11.1. The minimum absolute atomic E-state index is 0.350. The second kappa shape index (κ2) is 11.7. The lowest BCUT2D eigenvalue weighted by molar-refractivity contribution is 0.00578. The third kappa shape index (κ3) is 6.76.